The molecule has 1 fully saturated rings. The monoisotopic (exact) mass is 473 g/mol. The number of nitrogens with one attached hydrogen (secondary N) is 1. The first-order chi connectivity index (χ1) is 16.0. The molecule has 3 N–H and O–H groups in total. The van der Waals surface area contributed by atoms with Gasteiger partial charge >= 0.3 is 6.09 Å². The molecule has 2 aromatic carbocycles. The molecule has 0 bridgehead atoms. The second-order valence-electron chi connectivity index (χ2n) is 7.76. The first-order valence-corrected chi connectivity index (χ1v) is 12.0. The van der Waals surface area contributed by atoms with Crippen molar-refractivity contribution in [3.63, 3.8) is 0 Å². The third-order valence-electron chi connectivity index (χ3n) is 5.38. The van der Waals surface area contributed by atoms with Crippen molar-refractivity contribution in [3.05, 3.63) is 77.9 Å². The lowest BCUT2D eigenvalue weighted by Crippen LogP contribution is -2.38. The highest BCUT2D eigenvalue weighted by Gasteiger charge is 2.38. The van der Waals surface area contributed by atoms with E-state index in [9.17, 15) is 15.0 Å². The van der Waals surface area contributed by atoms with Crippen LogP contribution in [0.25, 0.3) is 0 Å². The Morgan fingerprint density at radius 1 is 1.18 bits per heavy atom. The molecule has 1 saturated heterocycles. The van der Waals surface area contributed by atoms with Crippen LogP contribution in [0.2, 0.25) is 0 Å². The molecule has 178 valence electrons. The van der Waals surface area contributed by atoms with Gasteiger partial charge in [-0.2, -0.15) is 11.8 Å². The molecule has 3 rings (SSSR count). The number of rotatable bonds is 10. The van der Waals surface area contributed by atoms with Gasteiger partial charge in [0.15, 0.2) is 6.29 Å². The molecule has 33 heavy (non-hydrogen) atoms. The number of ether oxygens (including phenoxy) is 3. The third kappa shape index (κ3) is 7.06. The predicted octanol–water partition coefficient (Wildman–Crippen LogP) is 4.43. The molecule has 2 aromatic rings. The number of hydrogen-bond acceptors (Lipinski definition) is 7. The standard InChI is InChI=1S/C25H31NO6S/c1-3-12-30-25(29)26-21-6-4-5-20(14-21)24-31-22(16-33-13-11-27)17(2)23(32-24)19-9-7-18(15-28)8-10-19/h3-10,14,17,22-24,27-28H,1,11-13,15-16H2,2H3,(H,26,29)/t17-,22+,23+,24+/m0/s1. The van der Waals surface area contributed by atoms with Crippen LogP contribution in [0, 0.1) is 5.92 Å². The van der Waals surface area contributed by atoms with Gasteiger partial charge in [-0.05, 0) is 23.3 Å². The highest BCUT2D eigenvalue weighted by Crippen LogP contribution is 2.42. The second kappa shape index (κ2) is 12.8. The Labute approximate surface area is 198 Å². The van der Waals surface area contributed by atoms with Crippen molar-refractivity contribution >= 4 is 23.5 Å². The van der Waals surface area contributed by atoms with Crippen molar-refractivity contribution < 1.29 is 29.2 Å². The molecule has 0 aliphatic carbocycles. The predicted molar refractivity (Wildman–Crippen MR) is 129 cm³/mol. The lowest BCUT2D eigenvalue weighted by molar-refractivity contribution is -0.268. The SMILES string of the molecule is C=CCOC(=O)Nc1cccc([C@@H]2O[C@H](CSCCO)[C@H](C)[C@H](c3ccc(CO)cc3)O2)c1. The van der Waals surface area contributed by atoms with Crippen molar-refractivity contribution in [2.24, 2.45) is 5.92 Å². The topological polar surface area (TPSA) is 97.3 Å². The summed E-state index contributed by atoms with van der Waals surface area (Å²) >= 11 is 1.64. The molecule has 0 radical (unpaired) electrons. The summed E-state index contributed by atoms with van der Waals surface area (Å²) in [6, 6.07) is 15.0. The minimum atomic E-state index is -0.630. The summed E-state index contributed by atoms with van der Waals surface area (Å²) in [5, 5.41) is 21.2. The largest absolute Gasteiger partial charge is 0.445 e. The Bertz CT molecular complexity index is 906. The summed E-state index contributed by atoms with van der Waals surface area (Å²) in [7, 11) is 0. The fourth-order valence-electron chi connectivity index (χ4n) is 3.63. The number of benzene rings is 2. The number of carbonyl (C=O) groups excluding carboxylic acids is 1. The first-order valence-electron chi connectivity index (χ1n) is 10.9. The summed E-state index contributed by atoms with van der Waals surface area (Å²) in [6.45, 7) is 5.86. The van der Waals surface area contributed by atoms with E-state index in [4.69, 9.17) is 14.2 Å². The van der Waals surface area contributed by atoms with Crippen molar-refractivity contribution in [2.75, 3.05) is 30.0 Å². The molecule has 1 aliphatic heterocycles. The van der Waals surface area contributed by atoms with Crippen LogP contribution in [-0.4, -0.2) is 47.1 Å². The number of aliphatic hydroxyl groups excluding tert-OH is 2. The zero-order valence-corrected chi connectivity index (χ0v) is 19.5. The smallest absolute Gasteiger partial charge is 0.411 e. The van der Waals surface area contributed by atoms with Crippen LogP contribution < -0.4 is 5.32 Å². The minimum absolute atomic E-state index is 0.0114. The van der Waals surface area contributed by atoms with E-state index in [-0.39, 0.29) is 37.9 Å². The van der Waals surface area contributed by atoms with Gasteiger partial charge in [0, 0.05) is 28.7 Å². The minimum Gasteiger partial charge on any atom is -0.445 e. The van der Waals surface area contributed by atoms with Gasteiger partial charge in [-0.3, -0.25) is 5.32 Å². The van der Waals surface area contributed by atoms with Gasteiger partial charge in [-0.1, -0.05) is 56.0 Å². The van der Waals surface area contributed by atoms with Crippen LogP contribution >= 0.6 is 11.8 Å². The quantitative estimate of drug-likeness (QED) is 0.347. The number of carbonyl (C=O) groups is 1. The Balaban J connectivity index is 1.81. The van der Waals surface area contributed by atoms with Gasteiger partial charge in [0.2, 0.25) is 0 Å². The first kappa shape index (κ1) is 25.3. The molecule has 0 spiro atoms. The summed E-state index contributed by atoms with van der Waals surface area (Å²) in [6.07, 6.45) is -0.00803. The van der Waals surface area contributed by atoms with Crippen molar-refractivity contribution in [3.8, 4) is 0 Å². The maximum atomic E-state index is 11.9. The van der Waals surface area contributed by atoms with Crippen LogP contribution in [0.3, 0.4) is 0 Å². The number of aliphatic hydroxyl groups is 2. The van der Waals surface area contributed by atoms with Crippen molar-refractivity contribution in [2.45, 2.75) is 32.0 Å². The van der Waals surface area contributed by atoms with E-state index < -0.39 is 12.4 Å². The number of thioether (sulfide) groups is 1. The second-order valence-corrected chi connectivity index (χ2v) is 8.91. The fraction of sp³-hybridized carbons (Fsp3) is 0.400. The third-order valence-corrected chi connectivity index (χ3v) is 6.41. The summed E-state index contributed by atoms with van der Waals surface area (Å²) in [5.74, 6) is 1.43. The van der Waals surface area contributed by atoms with Gasteiger partial charge in [0.1, 0.15) is 6.61 Å². The number of hydrogen-bond donors (Lipinski definition) is 3. The molecular formula is C25H31NO6S. The van der Waals surface area contributed by atoms with E-state index in [1.807, 2.05) is 36.4 Å². The normalized spacial score (nSPS) is 22.5. The van der Waals surface area contributed by atoms with Crippen LogP contribution in [0.1, 0.15) is 36.0 Å². The molecule has 0 unspecified atom stereocenters. The molecule has 4 atom stereocenters. The summed E-state index contributed by atoms with van der Waals surface area (Å²) < 4.78 is 17.7. The Kier molecular flexibility index (Phi) is 9.77. The fourth-order valence-corrected chi connectivity index (χ4v) is 4.54. The molecule has 8 heteroatoms. The molecular weight excluding hydrogens is 442 g/mol. The highest BCUT2D eigenvalue weighted by atomic mass is 32.2. The van der Waals surface area contributed by atoms with Crippen molar-refractivity contribution in [1.29, 1.82) is 0 Å². The molecule has 1 amide bonds. The molecule has 1 heterocycles. The summed E-state index contributed by atoms with van der Waals surface area (Å²) in [4.78, 5) is 11.9. The highest BCUT2D eigenvalue weighted by molar-refractivity contribution is 7.99. The van der Waals surface area contributed by atoms with Gasteiger partial charge in [0.25, 0.3) is 0 Å². The molecule has 7 nitrogen and oxygen atoms in total. The Morgan fingerprint density at radius 2 is 1.97 bits per heavy atom. The molecule has 0 saturated carbocycles. The zero-order valence-electron chi connectivity index (χ0n) is 18.7. The average Bonchev–Trinajstić information content (AvgIpc) is 2.84. The van der Waals surface area contributed by atoms with Gasteiger partial charge in [0.05, 0.1) is 25.4 Å². The van der Waals surface area contributed by atoms with Crippen LogP contribution in [0.4, 0.5) is 10.5 Å². The Hall–Kier alpha value is -2.36. The molecule has 1 aliphatic rings. The molecule has 0 aromatic heterocycles. The summed E-state index contributed by atoms with van der Waals surface area (Å²) in [5.41, 5.74) is 3.19. The lowest BCUT2D eigenvalue weighted by atomic mass is 9.91. The van der Waals surface area contributed by atoms with E-state index in [1.165, 1.54) is 6.08 Å². The number of amides is 1. The van der Waals surface area contributed by atoms with E-state index in [0.29, 0.717) is 11.4 Å². The average molecular weight is 474 g/mol. The Morgan fingerprint density at radius 3 is 2.67 bits per heavy atom. The van der Waals surface area contributed by atoms with E-state index in [0.717, 1.165) is 22.4 Å². The van der Waals surface area contributed by atoms with Gasteiger partial charge in [-0.15, -0.1) is 0 Å². The van der Waals surface area contributed by atoms with E-state index in [2.05, 4.69) is 18.8 Å². The maximum absolute atomic E-state index is 11.9. The van der Waals surface area contributed by atoms with Gasteiger partial charge in [-0.25, -0.2) is 4.79 Å². The van der Waals surface area contributed by atoms with Crippen molar-refractivity contribution in [1.82, 2.24) is 0 Å². The van der Waals surface area contributed by atoms with Crippen LogP contribution in [-0.2, 0) is 20.8 Å². The maximum Gasteiger partial charge on any atom is 0.411 e. The van der Waals surface area contributed by atoms with Crippen LogP contribution in [0.15, 0.2) is 61.2 Å². The zero-order chi connectivity index (χ0) is 23.6. The van der Waals surface area contributed by atoms with E-state index in [1.54, 1.807) is 23.9 Å². The lowest BCUT2D eigenvalue weighted by Gasteiger charge is -2.41. The van der Waals surface area contributed by atoms with Crippen LogP contribution in [0.5, 0.6) is 0 Å². The van der Waals surface area contributed by atoms with Gasteiger partial charge < -0.3 is 24.4 Å². The number of anilines is 1. The van der Waals surface area contributed by atoms with E-state index >= 15 is 0 Å².